The normalized spacial score (nSPS) is 35.5. The molecular weight excluding hydrogens is 396 g/mol. The third-order valence-electron chi connectivity index (χ3n) is 6.50. The van der Waals surface area contributed by atoms with E-state index < -0.39 is 5.60 Å². The zero-order valence-electron chi connectivity index (χ0n) is 19.5. The van der Waals surface area contributed by atoms with Gasteiger partial charge in [-0.2, -0.15) is 0 Å². The summed E-state index contributed by atoms with van der Waals surface area (Å²) >= 11 is 0. The molecule has 0 bridgehead atoms. The Kier molecular flexibility index (Phi) is 9.14. The van der Waals surface area contributed by atoms with Gasteiger partial charge in [-0.3, -0.25) is 4.79 Å². The van der Waals surface area contributed by atoms with Crippen molar-refractivity contribution in [1.82, 2.24) is 0 Å². The van der Waals surface area contributed by atoms with Crippen molar-refractivity contribution in [3.8, 4) is 0 Å². The van der Waals surface area contributed by atoms with Crippen molar-refractivity contribution >= 4 is 5.97 Å². The smallest absolute Gasteiger partial charge is 0.309 e. The highest BCUT2D eigenvalue weighted by Gasteiger charge is 2.55. The summed E-state index contributed by atoms with van der Waals surface area (Å²) in [5.74, 6) is -0.190. The Morgan fingerprint density at radius 1 is 1.03 bits per heavy atom. The summed E-state index contributed by atoms with van der Waals surface area (Å²) in [6.45, 7) is 6.19. The van der Waals surface area contributed by atoms with Crippen LogP contribution in [0, 0.1) is 0 Å². The number of carbonyl (C=O) groups is 1. The minimum Gasteiger partial charge on any atom is -0.456 e. The van der Waals surface area contributed by atoms with Gasteiger partial charge in [0.05, 0.1) is 6.42 Å². The van der Waals surface area contributed by atoms with E-state index in [0.29, 0.717) is 6.42 Å². The molecule has 6 heteroatoms. The minimum atomic E-state index is -0.546. The van der Waals surface area contributed by atoms with E-state index >= 15 is 0 Å². The van der Waals surface area contributed by atoms with E-state index in [0.717, 1.165) is 38.5 Å². The molecule has 2 saturated heterocycles. The van der Waals surface area contributed by atoms with Crippen molar-refractivity contribution in [2.75, 3.05) is 0 Å². The predicted molar refractivity (Wildman–Crippen MR) is 118 cm³/mol. The molecular formula is C25H40O6. The van der Waals surface area contributed by atoms with Crippen LogP contribution in [0.4, 0.5) is 0 Å². The van der Waals surface area contributed by atoms with Gasteiger partial charge in [0, 0.05) is 6.42 Å². The molecule has 3 heterocycles. The average Bonchev–Trinajstić information content (AvgIpc) is 3.03. The summed E-state index contributed by atoms with van der Waals surface area (Å²) in [5, 5.41) is 0. The van der Waals surface area contributed by atoms with Crippen LogP contribution in [0.15, 0.2) is 24.3 Å². The Bertz CT molecular complexity index is 632. The molecule has 3 rings (SSSR count). The van der Waals surface area contributed by atoms with Crippen molar-refractivity contribution in [1.29, 1.82) is 0 Å². The van der Waals surface area contributed by atoms with Crippen LogP contribution in [0.1, 0.15) is 97.8 Å². The van der Waals surface area contributed by atoms with E-state index in [1.165, 1.54) is 25.7 Å². The number of allylic oxidation sites excluding steroid dienone is 1. The molecule has 176 valence electrons. The molecule has 0 aromatic carbocycles. The van der Waals surface area contributed by atoms with Crippen molar-refractivity contribution in [3.63, 3.8) is 0 Å². The first-order valence-corrected chi connectivity index (χ1v) is 12.2. The van der Waals surface area contributed by atoms with Gasteiger partial charge in [-0.1, -0.05) is 76.2 Å². The standard InChI is InChI=1S/C25H40O6/c1-4-5-10-13-20-15-16-21(29-28-20)14-11-8-6-7-9-12-17-24(2)19-25(3)22(30-31-24)18-23(26)27-25/h10,13,15-16,20-22H,4-9,11-12,14,17-19H2,1-3H3/b13-10+/t20-,21-,22-,24-,25-/m0/s1. The van der Waals surface area contributed by atoms with Crippen LogP contribution in [0.3, 0.4) is 0 Å². The second-order valence-electron chi connectivity index (χ2n) is 9.74. The lowest BCUT2D eigenvalue weighted by Crippen LogP contribution is -2.51. The first kappa shape index (κ1) is 24.4. The highest BCUT2D eigenvalue weighted by atomic mass is 17.2. The zero-order valence-corrected chi connectivity index (χ0v) is 19.5. The molecule has 0 aromatic heterocycles. The first-order valence-electron chi connectivity index (χ1n) is 12.2. The highest BCUT2D eigenvalue weighted by molar-refractivity contribution is 5.73. The van der Waals surface area contributed by atoms with E-state index in [9.17, 15) is 4.79 Å². The maximum absolute atomic E-state index is 11.6. The molecule has 0 unspecified atom stereocenters. The molecule has 0 amide bonds. The zero-order chi connectivity index (χ0) is 22.2. The second-order valence-corrected chi connectivity index (χ2v) is 9.74. The summed E-state index contributed by atoms with van der Waals surface area (Å²) in [5.41, 5.74) is -0.931. The molecule has 3 aliphatic rings. The number of carbonyl (C=O) groups excluding carboxylic acids is 1. The minimum absolute atomic E-state index is 0.0441. The Hall–Kier alpha value is -1.21. The highest BCUT2D eigenvalue weighted by Crippen LogP contribution is 2.44. The van der Waals surface area contributed by atoms with Gasteiger partial charge in [0.15, 0.2) is 0 Å². The quantitative estimate of drug-likeness (QED) is 0.164. The van der Waals surface area contributed by atoms with Crippen LogP contribution in [0.25, 0.3) is 0 Å². The molecule has 0 aliphatic carbocycles. The van der Waals surface area contributed by atoms with E-state index in [4.69, 9.17) is 24.3 Å². The van der Waals surface area contributed by atoms with Gasteiger partial charge in [0.1, 0.15) is 29.5 Å². The lowest BCUT2D eigenvalue weighted by molar-refractivity contribution is -0.428. The fourth-order valence-corrected chi connectivity index (χ4v) is 4.72. The molecule has 5 atom stereocenters. The summed E-state index contributed by atoms with van der Waals surface area (Å²) < 4.78 is 5.53. The number of hydrogen-bond acceptors (Lipinski definition) is 6. The first-order chi connectivity index (χ1) is 14.9. The second kappa shape index (κ2) is 11.6. The molecule has 6 nitrogen and oxygen atoms in total. The van der Waals surface area contributed by atoms with Crippen molar-refractivity contribution < 1.29 is 29.1 Å². The largest absolute Gasteiger partial charge is 0.456 e. The molecule has 0 N–H and O–H groups in total. The molecule has 0 aromatic rings. The molecule has 31 heavy (non-hydrogen) atoms. The number of unbranched alkanes of at least 4 members (excludes halogenated alkanes) is 6. The fourth-order valence-electron chi connectivity index (χ4n) is 4.72. The van der Waals surface area contributed by atoms with Crippen molar-refractivity contribution in [2.24, 2.45) is 0 Å². The summed E-state index contributed by atoms with van der Waals surface area (Å²) in [7, 11) is 0. The number of hydrogen-bond donors (Lipinski definition) is 0. The van der Waals surface area contributed by atoms with Crippen molar-refractivity contribution in [2.45, 2.75) is 127 Å². The van der Waals surface area contributed by atoms with Crippen LogP contribution in [-0.2, 0) is 29.1 Å². The SMILES string of the molecule is CCC/C=C/[C@H]1C=C[C@H](CCCCCCCC[C@@]2(C)C[C@]3(C)OC(=O)C[C@@H]3OO2)OO1. The van der Waals surface area contributed by atoms with Gasteiger partial charge in [-0.15, -0.1) is 0 Å². The van der Waals surface area contributed by atoms with Crippen LogP contribution in [0.5, 0.6) is 0 Å². The third-order valence-corrected chi connectivity index (χ3v) is 6.50. The third kappa shape index (κ3) is 7.41. The van der Waals surface area contributed by atoms with Gasteiger partial charge in [-0.05, 0) is 33.1 Å². The van der Waals surface area contributed by atoms with Crippen LogP contribution < -0.4 is 0 Å². The summed E-state index contributed by atoms with van der Waals surface area (Å²) in [6, 6.07) is 0. The fraction of sp³-hybridized carbons (Fsp3) is 0.800. The maximum Gasteiger partial charge on any atom is 0.309 e. The Labute approximate surface area is 187 Å². The Balaban J connectivity index is 1.21. The van der Waals surface area contributed by atoms with Crippen LogP contribution >= 0.6 is 0 Å². The number of ether oxygens (including phenoxy) is 1. The summed E-state index contributed by atoms with van der Waals surface area (Å²) in [4.78, 5) is 33.7. The van der Waals surface area contributed by atoms with E-state index in [2.05, 4.69) is 38.2 Å². The lowest BCUT2D eigenvalue weighted by atomic mass is 9.82. The molecule has 0 radical (unpaired) electrons. The number of rotatable bonds is 12. The van der Waals surface area contributed by atoms with Crippen LogP contribution in [0.2, 0.25) is 0 Å². The Morgan fingerprint density at radius 3 is 2.55 bits per heavy atom. The van der Waals surface area contributed by atoms with Gasteiger partial charge in [0.2, 0.25) is 0 Å². The molecule has 2 fully saturated rings. The molecule has 0 spiro atoms. The maximum atomic E-state index is 11.6. The van der Waals surface area contributed by atoms with E-state index in [1.807, 2.05) is 6.92 Å². The van der Waals surface area contributed by atoms with Crippen molar-refractivity contribution in [3.05, 3.63) is 24.3 Å². The Morgan fingerprint density at radius 2 is 1.81 bits per heavy atom. The van der Waals surface area contributed by atoms with Gasteiger partial charge in [-0.25, -0.2) is 19.6 Å². The monoisotopic (exact) mass is 436 g/mol. The van der Waals surface area contributed by atoms with Gasteiger partial charge in [0.25, 0.3) is 0 Å². The predicted octanol–water partition coefficient (Wildman–Crippen LogP) is 5.90. The summed E-state index contributed by atoms with van der Waals surface area (Å²) in [6.07, 6.45) is 20.4. The number of esters is 1. The lowest BCUT2D eigenvalue weighted by Gasteiger charge is -2.43. The van der Waals surface area contributed by atoms with E-state index in [-0.39, 0.29) is 36.3 Å². The van der Waals surface area contributed by atoms with Gasteiger partial charge >= 0.3 is 5.97 Å². The molecule has 0 saturated carbocycles. The average molecular weight is 437 g/mol. The number of fused-ring (bicyclic) bond motifs is 1. The molecule has 3 aliphatic heterocycles. The topological polar surface area (TPSA) is 63.2 Å². The van der Waals surface area contributed by atoms with Crippen LogP contribution in [-0.4, -0.2) is 35.5 Å². The van der Waals surface area contributed by atoms with E-state index in [1.54, 1.807) is 0 Å². The van der Waals surface area contributed by atoms with Gasteiger partial charge < -0.3 is 4.74 Å².